The highest BCUT2D eigenvalue weighted by molar-refractivity contribution is 5.90. The zero-order chi connectivity index (χ0) is 15.5. The topological polar surface area (TPSA) is 78.9 Å². The summed E-state index contributed by atoms with van der Waals surface area (Å²) in [6.45, 7) is 0. The van der Waals surface area contributed by atoms with Gasteiger partial charge in [0.15, 0.2) is 0 Å². The Labute approximate surface area is 127 Å². The van der Waals surface area contributed by atoms with E-state index in [9.17, 15) is 14.4 Å². The predicted molar refractivity (Wildman–Crippen MR) is 69.9 cm³/mol. The van der Waals surface area contributed by atoms with Crippen LogP contribution in [-0.4, -0.2) is 39.2 Å². The second kappa shape index (κ2) is 3.49. The van der Waals surface area contributed by atoms with Crippen LogP contribution in [0.1, 0.15) is 0 Å². The molecular weight excluding hydrogens is 288 g/mol. The molecule has 6 heteroatoms. The third-order valence-corrected chi connectivity index (χ3v) is 7.73. The second-order valence-electron chi connectivity index (χ2n) is 7.41. The second-order valence-corrected chi connectivity index (χ2v) is 7.41. The highest BCUT2D eigenvalue weighted by atomic mass is 16.5. The van der Waals surface area contributed by atoms with Crippen LogP contribution >= 0.6 is 0 Å². The molecule has 22 heavy (non-hydrogen) atoms. The van der Waals surface area contributed by atoms with Crippen molar-refractivity contribution in [2.24, 2.45) is 58.7 Å². The Morgan fingerprint density at radius 1 is 0.682 bits per heavy atom. The SMILES string of the molecule is COC(=O)[C@H]1C2[C@@H]3C4[C@H]2[C@H]2C([C@H]3C42C(=O)OC)[C@@H]1C(=O)OC. The van der Waals surface area contributed by atoms with E-state index in [4.69, 9.17) is 14.2 Å². The fourth-order valence-electron chi connectivity index (χ4n) is 7.60. The van der Waals surface area contributed by atoms with E-state index in [2.05, 4.69) is 0 Å². The smallest absolute Gasteiger partial charge is 0.312 e. The number of methoxy groups -OCH3 is 3. The summed E-state index contributed by atoms with van der Waals surface area (Å²) < 4.78 is 14.9. The van der Waals surface area contributed by atoms with E-state index in [0.29, 0.717) is 17.8 Å². The zero-order valence-corrected chi connectivity index (χ0v) is 12.6. The normalized spacial score (nSPS) is 57.1. The standard InChI is InChI=1S/C16H18O6/c1-20-13(17)5-4-7-10-8(4)12-9(6(5)14(18)21-2)11(7)16(10,12)15(19)22-3/h4-12H,1-3H3/t4?,5-,6+,7-,8+,9?,10?,11-,12-,16?/m0/s1. The van der Waals surface area contributed by atoms with Crippen molar-refractivity contribution in [1.82, 2.24) is 0 Å². The van der Waals surface area contributed by atoms with Gasteiger partial charge in [-0.15, -0.1) is 0 Å². The number of hydrogen-bond acceptors (Lipinski definition) is 6. The van der Waals surface area contributed by atoms with Crippen LogP contribution in [0.25, 0.3) is 0 Å². The molecular formula is C16H18O6. The molecule has 0 aliphatic heterocycles. The fourth-order valence-corrected chi connectivity index (χ4v) is 7.60. The molecule has 2 bridgehead atoms. The summed E-state index contributed by atoms with van der Waals surface area (Å²) >= 11 is 0. The number of carbonyl (C=O) groups is 3. The van der Waals surface area contributed by atoms with Crippen LogP contribution in [-0.2, 0) is 28.6 Å². The first-order valence-electron chi connectivity index (χ1n) is 7.81. The van der Waals surface area contributed by atoms with Crippen LogP contribution in [0.2, 0.25) is 0 Å². The summed E-state index contributed by atoms with van der Waals surface area (Å²) in [6, 6.07) is 0. The quantitative estimate of drug-likeness (QED) is 0.544. The maximum atomic E-state index is 12.3. The van der Waals surface area contributed by atoms with Gasteiger partial charge in [0.1, 0.15) is 0 Å². The maximum Gasteiger partial charge on any atom is 0.312 e. The third-order valence-electron chi connectivity index (χ3n) is 7.73. The number of carbonyl (C=O) groups excluding carboxylic acids is 3. The molecule has 6 nitrogen and oxygen atoms in total. The Kier molecular flexibility index (Phi) is 2.05. The van der Waals surface area contributed by atoms with Gasteiger partial charge in [0, 0.05) is 0 Å². The number of esters is 3. The van der Waals surface area contributed by atoms with Crippen molar-refractivity contribution >= 4 is 17.9 Å². The minimum Gasteiger partial charge on any atom is -0.469 e. The van der Waals surface area contributed by atoms with Gasteiger partial charge in [0.2, 0.25) is 0 Å². The molecule has 0 heterocycles. The molecule has 0 spiro atoms. The van der Waals surface area contributed by atoms with Gasteiger partial charge in [-0.2, -0.15) is 0 Å². The first kappa shape index (κ1) is 12.9. The Hall–Kier alpha value is -1.59. The first-order chi connectivity index (χ1) is 10.6. The van der Waals surface area contributed by atoms with Crippen molar-refractivity contribution in [3.05, 3.63) is 0 Å². The van der Waals surface area contributed by atoms with E-state index in [1.165, 1.54) is 21.3 Å². The Morgan fingerprint density at radius 2 is 1.14 bits per heavy atom. The van der Waals surface area contributed by atoms with E-state index in [1.54, 1.807) is 0 Å². The predicted octanol–water partition coefficient (Wildman–Crippen LogP) is 0.106. The lowest BCUT2D eigenvalue weighted by molar-refractivity contribution is -0.516. The van der Waals surface area contributed by atoms with Crippen LogP contribution in [0, 0.1) is 58.7 Å². The summed E-state index contributed by atoms with van der Waals surface area (Å²) in [5, 5.41) is 0. The summed E-state index contributed by atoms with van der Waals surface area (Å²) in [6.07, 6.45) is 0. The van der Waals surface area contributed by atoms with Crippen molar-refractivity contribution in [2.45, 2.75) is 0 Å². The summed E-state index contributed by atoms with van der Waals surface area (Å²) in [5.41, 5.74) is -0.335. The van der Waals surface area contributed by atoms with Crippen molar-refractivity contribution < 1.29 is 28.6 Å². The Balaban J connectivity index is 1.55. The maximum absolute atomic E-state index is 12.3. The van der Waals surface area contributed by atoms with Gasteiger partial charge in [0.05, 0.1) is 38.6 Å². The minimum absolute atomic E-state index is 0.0839. The van der Waals surface area contributed by atoms with Gasteiger partial charge in [-0.05, 0) is 41.4 Å². The van der Waals surface area contributed by atoms with Gasteiger partial charge in [-0.1, -0.05) is 0 Å². The van der Waals surface area contributed by atoms with Gasteiger partial charge < -0.3 is 14.2 Å². The molecule has 0 aromatic rings. The van der Waals surface area contributed by atoms with Crippen LogP contribution in [0.5, 0.6) is 0 Å². The first-order valence-corrected chi connectivity index (χ1v) is 7.81. The van der Waals surface area contributed by atoms with E-state index in [-0.39, 0.29) is 47.0 Å². The molecule has 118 valence electrons. The lowest BCUT2D eigenvalue weighted by Crippen LogP contribution is -3.00. The number of rotatable bonds is 3. The van der Waals surface area contributed by atoms with E-state index >= 15 is 0 Å². The molecule has 0 aromatic carbocycles. The zero-order valence-electron chi connectivity index (χ0n) is 12.6. The monoisotopic (exact) mass is 306 g/mol. The summed E-state index contributed by atoms with van der Waals surface area (Å²) in [5.74, 6) is 0.240. The highest BCUT2D eigenvalue weighted by Gasteiger charge is 3.01. The van der Waals surface area contributed by atoms with E-state index in [1.807, 2.05) is 0 Å². The molecule has 6 fully saturated rings. The molecule has 6 rings (SSSR count). The summed E-state index contributed by atoms with van der Waals surface area (Å²) in [7, 11) is 4.16. The molecule has 10 atom stereocenters. The Morgan fingerprint density at radius 3 is 1.59 bits per heavy atom. The molecule has 0 saturated heterocycles. The Bertz CT molecular complexity index is 602. The lowest BCUT2D eigenvalue weighted by atomic mass is 9.04. The molecule has 0 radical (unpaired) electrons. The van der Waals surface area contributed by atoms with Crippen LogP contribution < -0.4 is 0 Å². The largest absolute Gasteiger partial charge is 0.469 e. The molecule has 6 saturated carbocycles. The average molecular weight is 306 g/mol. The van der Waals surface area contributed by atoms with Crippen LogP contribution in [0.4, 0.5) is 0 Å². The minimum atomic E-state index is -0.455. The average Bonchev–Trinajstić information content (AvgIpc) is 2.52. The van der Waals surface area contributed by atoms with Gasteiger partial charge in [0.25, 0.3) is 0 Å². The van der Waals surface area contributed by atoms with Gasteiger partial charge in [-0.3, -0.25) is 14.4 Å². The molecule has 0 amide bonds. The number of hydrogen-bond donors (Lipinski definition) is 0. The van der Waals surface area contributed by atoms with Crippen molar-refractivity contribution in [1.29, 1.82) is 0 Å². The molecule has 0 N–H and O–H groups in total. The number of ether oxygens (including phenoxy) is 3. The molecule has 0 aromatic heterocycles. The van der Waals surface area contributed by atoms with Crippen molar-refractivity contribution in [3.63, 3.8) is 0 Å². The van der Waals surface area contributed by atoms with Crippen molar-refractivity contribution in [3.8, 4) is 0 Å². The highest BCUT2D eigenvalue weighted by Crippen LogP contribution is 2.98. The van der Waals surface area contributed by atoms with Gasteiger partial charge in [-0.25, -0.2) is 0 Å². The molecule has 6 aliphatic rings. The van der Waals surface area contributed by atoms with E-state index < -0.39 is 11.8 Å². The number of fused-ring (bicyclic) bond motifs is 1. The molecule has 4 unspecified atom stereocenters. The van der Waals surface area contributed by atoms with Crippen molar-refractivity contribution in [2.75, 3.05) is 21.3 Å². The fraction of sp³-hybridized carbons (Fsp3) is 0.812. The summed E-state index contributed by atoms with van der Waals surface area (Å²) in [4.78, 5) is 36.8. The van der Waals surface area contributed by atoms with Gasteiger partial charge >= 0.3 is 17.9 Å². The van der Waals surface area contributed by atoms with Crippen LogP contribution in [0.3, 0.4) is 0 Å². The lowest BCUT2D eigenvalue weighted by Gasteiger charge is -2.97. The molecule has 6 aliphatic carbocycles. The van der Waals surface area contributed by atoms with Crippen LogP contribution in [0.15, 0.2) is 0 Å². The van der Waals surface area contributed by atoms with E-state index in [0.717, 1.165) is 0 Å². The third kappa shape index (κ3) is 0.863.